The van der Waals surface area contributed by atoms with E-state index in [1.54, 1.807) is 24.3 Å². The molecule has 148 valence electrons. The highest BCUT2D eigenvalue weighted by atomic mass is 16.5. The van der Waals surface area contributed by atoms with E-state index in [2.05, 4.69) is 16.4 Å². The van der Waals surface area contributed by atoms with Crippen molar-refractivity contribution in [3.63, 3.8) is 0 Å². The van der Waals surface area contributed by atoms with Crippen molar-refractivity contribution in [2.45, 2.75) is 6.42 Å². The number of methoxy groups -OCH3 is 1. The van der Waals surface area contributed by atoms with Crippen LogP contribution in [0.1, 0.15) is 16.1 Å². The topological polar surface area (TPSA) is 63.7 Å². The van der Waals surface area contributed by atoms with Crippen molar-refractivity contribution < 1.29 is 14.3 Å². The van der Waals surface area contributed by atoms with Gasteiger partial charge in [0.1, 0.15) is 23.8 Å². The van der Waals surface area contributed by atoms with E-state index in [4.69, 9.17) is 9.47 Å². The highest BCUT2D eigenvalue weighted by Gasteiger charge is 2.25. The maximum Gasteiger partial charge on any atom is 0.276 e. The minimum absolute atomic E-state index is 0.0758. The molecule has 0 spiro atoms. The summed E-state index contributed by atoms with van der Waals surface area (Å²) in [5, 5.41) is 3.28. The third-order valence-electron chi connectivity index (χ3n) is 4.87. The number of carbonyl (C=O) groups is 1. The van der Waals surface area contributed by atoms with Crippen molar-refractivity contribution in [2.75, 3.05) is 37.0 Å². The Balaban J connectivity index is 1.33. The number of pyridine rings is 1. The number of amides is 1. The zero-order valence-corrected chi connectivity index (χ0v) is 16.3. The Morgan fingerprint density at radius 1 is 1.10 bits per heavy atom. The van der Waals surface area contributed by atoms with Crippen LogP contribution in [-0.4, -0.2) is 37.7 Å². The first-order valence-corrected chi connectivity index (χ1v) is 9.61. The lowest BCUT2D eigenvalue weighted by Gasteiger charge is -2.17. The van der Waals surface area contributed by atoms with E-state index in [9.17, 15) is 4.79 Å². The Kier molecular flexibility index (Phi) is 5.61. The van der Waals surface area contributed by atoms with Gasteiger partial charge in [-0.05, 0) is 54.4 Å². The highest BCUT2D eigenvalue weighted by molar-refractivity contribution is 6.06. The van der Waals surface area contributed by atoms with Gasteiger partial charge in [0.05, 0.1) is 7.11 Å². The first-order chi connectivity index (χ1) is 14.2. The predicted molar refractivity (Wildman–Crippen MR) is 113 cm³/mol. The number of hydrogen-bond donors (Lipinski definition) is 1. The second kappa shape index (κ2) is 8.65. The Morgan fingerprint density at radius 2 is 1.90 bits per heavy atom. The second-order valence-electron chi connectivity index (χ2n) is 6.72. The molecule has 0 aliphatic carbocycles. The van der Waals surface area contributed by atoms with Crippen LogP contribution >= 0.6 is 0 Å². The first-order valence-electron chi connectivity index (χ1n) is 9.61. The third kappa shape index (κ3) is 4.32. The summed E-state index contributed by atoms with van der Waals surface area (Å²) < 4.78 is 10.9. The number of anilines is 2. The summed E-state index contributed by atoms with van der Waals surface area (Å²) in [4.78, 5) is 19.0. The Hall–Kier alpha value is -3.54. The summed E-state index contributed by atoms with van der Waals surface area (Å²) in [5.74, 6) is 1.50. The fourth-order valence-electron chi connectivity index (χ4n) is 3.38. The molecular formula is C23H23N3O3. The molecule has 6 nitrogen and oxygen atoms in total. The van der Waals surface area contributed by atoms with E-state index in [0.717, 1.165) is 29.3 Å². The molecular weight excluding hydrogens is 366 g/mol. The van der Waals surface area contributed by atoms with Gasteiger partial charge in [0.15, 0.2) is 0 Å². The highest BCUT2D eigenvalue weighted by Crippen LogP contribution is 2.28. The summed E-state index contributed by atoms with van der Waals surface area (Å²) in [7, 11) is 1.63. The number of rotatable bonds is 7. The SMILES string of the molecule is COc1ccc(OCCNc2ccnc(C(=O)N3CCc4ccccc43)c2)cc1. The average molecular weight is 389 g/mol. The third-order valence-corrected chi connectivity index (χ3v) is 4.87. The van der Waals surface area contributed by atoms with Crippen LogP contribution in [0.5, 0.6) is 11.5 Å². The molecule has 1 aliphatic rings. The lowest BCUT2D eigenvalue weighted by Crippen LogP contribution is -2.29. The molecule has 6 heteroatoms. The van der Waals surface area contributed by atoms with Gasteiger partial charge >= 0.3 is 0 Å². The number of nitrogens with zero attached hydrogens (tertiary/aromatic N) is 2. The van der Waals surface area contributed by atoms with Crippen molar-refractivity contribution in [1.82, 2.24) is 4.98 Å². The smallest absolute Gasteiger partial charge is 0.276 e. The van der Waals surface area contributed by atoms with E-state index in [1.807, 2.05) is 48.5 Å². The van der Waals surface area contributed by atoms with Gasteiger partial charge in [-0.1, -0.05) is 18.2 Å². The molecule has 2 aromatic carbocycles. The van der Waals surface area contributed by atoms with E-state index in [1.165, 1.54) is 5.56 Å². The number of nitrogens with one attached hydrogen (secondary N) is 1. The molecule has 1 N–H and O–H groups in total. The van der Waals surface area contributed by atoms with Gasteiger partial charge in [-0.15, -0.1) is 0 Å². The lowest BCUT2D eigenvalue weighted by atomic mass is 10.2. The number of ether oxygens (including phenoxy) is 2. The summed E-state index contributed by atoms with van der Waals surface area (Å²) in [6.07, 6.45) is 2.53. The van der Waals surface area contributed by atoms with Crippen molar-refractivity contribution in [3.8, 4) is 11.5 Å². The standard InChI is InChI=1S/C23H23N3O3/c1-28-19-6-8-20(9-7-19)29-15-13-24-18-10-12-25-21(16-18)23(27)26-14-11-17-4-2-3-5-22(17)26/h2-10,12,16H,11,13-15H2,1H3,(H,24,25). The molecule has 4 rings (SSSR count). The van der Waals surface area contributed by atoms with Crippen LogP contribution in [0.4, 0.5) is 11.4 Å². The van der Waals surface area contributed by atoms with Crippen LogP contribution in [-0.2, 0) is 6.42 Å². The van der Waals surface area contributed by atoms with Crippen molar-refractivity contribution in [2.24, 2.45) is 0 Å². The number of hydrogen-bond acceptors (Lipinski definition) is 5. The molecule has 0 saturated heterocycles. The summed E-state index contributed by atoms with van der Waals surface area (Å²) in [6, 6.07) is 19.1. The lowest BCUT2D eigenvalue weighted by molar-refractivity contribution is 0.0984. The van der Waals surface area contributed by atoms with Gasteiger partial charge in [0.2, 0.25) is 0 Å². The van der Waals surface area contributed by atoms with Crippen LogP contribution < -0.4 is 19.7 Å². The molecule has 0 saturated carbocycles. The van der Waals surface area contributed by atoms with Gasteiger partial charge in [0.25, 0.3) is 5.91 Å². The van der Waals surface area contributed by atoms with E-state index < -0.39 is 0 Å². The molecule has 0 radical (unpaired) electrons. The van der Waals surface area contributed by atoms with Gasteiger partial charge in [0, 0.05) is 30.7 Å². The van der Waals surface area contributed by atoms with Gasteiger partial charge < -0.3 is 19.7 Å². The molecule has 0 bridgehead atoms. The van der Waals surface area contributed by atoms with Crippen molar-refractivity contribution in [3.05, 3.63) is 78.1 Å². The molecule has 1 aromatic heterocycles. The predicted octanol–water partition coefficient (Wildman–Crippen LogP) is 3.78. The first kappa shape index (κ1) is 18.8. The van der Waals surface area contributed by atoms with E-state index in [0.29, 0.717) is 25.4 Å². The van der Waals surface area contributed by atoms with E-state index in [-0.39, 0.29) is 5.91 Å². The van der Waals surface area contributed by atoms with Crippen LogP contribution in [0.15, 0.2) is 66.9 Å². The largest absolute Gasteiger partial charge is 0.497 e. The second-order valence-corrected chi connectivity index (χ2v) is 6.72. The zero-order valence-electron chi connectivity index (χ0n) is 16.3. The number of fused-ring (bicyclic) bond motifs is 1. The van der Waals surface area contributed by atoms with Gasteiger partial charge in [-0.3, -0.25) is 9.78 Å². The van der Waals surface area contributed by atoms with E-state index >= 15 is 0 Å². The normalized spacial score (nSPS) is 12.4. The molecule has 3 aromatic rings. The number of benzene rings is 2. The van der Waals surface area contributed by atoms with Crippen molar-refractivity contribution in [1.29, 1.82) is 0 Å². The minimum Gasteiger partial charge on any atom is -0.497 e. The molecule has 1 amide bonds. The van der Waals surface area contributed by atoms with Crippen LogP contribution in [0.25, 0.3) is 0 Å². The fourth-order valence-corrected chi connectivity index (χ4v) is 3.38. The number of para-hydroxylation sites is 1. The summed E-state index contributed by atoms with van der Waals surface area (Å²) >= 11 is 0. The monoisotopic (exact) mass is 389 g/mol. The summed E-state index contributed by atoms with van der Waals surface area (Å²) in [5.41, 5.74) is 3.45. The van der Waals surface area contributed by atoms with Crippen LogP contribution in [0.2, 0.25) is 0 Å². The minimum atomic E-state index is -0.0758. The molecule has 2 heterocycles. The molecule has 0 unspecified atom stereocenters. The Morgan fingerprint density at radius 3 is 2.72 bits per heavy atom. The number of carbonyl (C=O) groups excluding carboxylic acids is 1. The fraction of sp³-hybridized carbons (Fsp3) is 0.217. The van der Waals surface area contributed by atoms with Crippen molar-refractivity contribution >= 4 is 17.3 Å². The van der Waals surface area contributed by atoms with Crippen LogP contribution in [0, 0.1) is 0 Å². The van der Waals surface area contributed by atoms with Crippen LogP contribution in [0.3, 0.4) is 0 Å². The molecule has 0 atom stereocenters. The zero-order chi connectivity index (χ0) is 20.1. The Labute approximate surface area is 170 Å². The molecule has 29 heavy (non-hydrogen) atoms. The molecule has 0 fully saturated rings. The van der Waals surface area contributed by atoms with Gasteiger partial charge in [-0.25, -0.2) is 0 Å². The molecule has 1 aliphatic heterocycles. The Bertz CT molecular complexity index is 989. The maximum absolute atomic E-state index is 12.9. The summed E-state index contributed by atoms with van der Waals surface area (Å²) in [6.45, 7) is 1.79. The average Bonchev–Trinajstić information content (AvgIpc) is 3.21. The van der Waals surface area contributed by atoms with Gasteiger partial charge in [-0.2, -0.15) is 0 Å². The quantitative estimate of drug-likeness (QED) is 0.623. The number of aromatic nitrogens is 1. The maximum atomic E-state index is 12.9.